The summed E-state index contributed by atoms with van der Waals surface area (Å²) >= 11 is 0. The highest BCUT2D eigenvalue weighted by atomic mass is 19.1. The molecule has 2 N–H and O–H groups in total. The van der Waals surface area contributed by atoms with Gasteiger partial charge in [0, 0.05) is 55.4 Å². The van der Waals surface area contributed by atoms with Gasteiger partial charge in [-0.2, -0.15) is 0 Å². The fourth-order valence-corrected chi connectivity index (χ4v) is 3.75. The van der Waals surface area contributed by atoms with Gasteiger partial charge in [0.2, 0.25) is 0 Å². The highest BCUT2D eigenvalue weighted by Gasteiger charge is 2.22. The Morgan fingerprint density at radius 1 is 1.12 bits per heavy atom. The molecule has 136 valence electrons. The number of fused-ring (bicyclic) bond motifs is 1. The number of nitrogens with one attached hydrogen (secondary N) is 1. The standard InChI is InChI=1S/C21H24FN3O/c1-15-6-7-19-16(12-15)17(13-23-19)21(26)14-24-8-10-25(11-9-24)20-5-3-2-4-18(20)22/h2-7,12-13,21,23,26H,8-11,14H2,1H3/t21-/m0/s1. The van der Waals surface area contributed by atoms with Gasteiger partial charge in [0.25, 0.3) is 0 Å². The molecule has 0 saturated carbocycles. The maximum Gasteiger partial charge on any atom is 0.146 e. The van der Waals surface area contributed by atoms with Gasteiger partial charge < -0.3 is 15.0 Å². The molecule has 0 amide bonds. The van der Waals surface area contributed by atoms with Crippen molar-refractivity contribution in [3.8, 4) is 0 Å². The van der Waals surface area contributed by atoms with Crippen molar-refractivity contribution < 1.29 is 9.50 Å². The number of hydrogen-bond donors (Lipinski definition) is 2. The van der Waals surface area contributed by atoms with Crippen LogP contribution in [0.25, 0.3) is 10.9 Å². The molecule has 3 aromatic rings. The van der Waals surface area contributed by atoms with Crippen molar-refractivity contribution >= 4 is 16.6 Å². The van der Waals surface area contributed by atoms with Gasteiger partial charge in [0.1, 0.15) is 5.82 Å². The van der Waals surface area contributed by atoms with Gasteiger partial charge in [-0.1, -0.05) is 23.8 Å². The van der Waals surface area contributed by atoms with Gasteiger partial charge in [-0.25, -0.2) is 4.39 Å². The number of anilines is 1. The van der Waals surface area contributed by atoms with E-state index in [4.69, 9.17) is 0 Å². The molecule has 4 rings (SSSR count). The molecule has 0 bridgehead atoms. The van der Waals surface area contributed by atoms with Crippen LogP contribution in [-0.4, -0.2) is 47.7 Å². The number of rotatable bonds is 4. The summed E-state index contributed by atoms with van der Waals surface area (Å²) in [5.41, 5.74) is 3.85. The quantitative estimate of drug-likeness (QED) is 0.755. The lowest BCUT2D eigenvalue weighted by atomic mass is 10.1. The van der Waals surface area contributed by atoms with Crippen LogP contribution in [0.5, 0.6) is 0 Å². The number of β-amino-alcohol motifs (C(OH)–C–C–N with tert-alkyl or cyclic N) is 1. The zero-order valence-corrected chi connectivity index (χ0v) is 15.0. The molecule has 1 saturated heterocycles. The minimum absolute atomic E-state index is 0.171. The predicted octanol–water partition coefficient (Wildman–Crippen LogP) is 3.47. The monoisotopic (exact) mass is 353 g/mol. The van der Waals surface area contributed by atoms with Gasteiger partial charge in [-0.05, 0) is 31.2 Å². The van der Waals surface area contributed by atoms with Gasteiger partial charge in [0.05, 0.1) is 11.8 Å². The van der Waals surface area contributed by atoms with E-state index < -0.39 is 6.10 Å². The van der Waals surface area contributed by atoms with Crippen LogP contribution in [-0.2, 0) is 0 Å². The summed E-state index contributed by atoms with van der Waals surface area (Å²) in [7, 11) is 0. The normalized spacial score (nSPS) is 17.0. The number of aliphatic hydroxyl groups excluding tert-OH is 1. The van der Waals surface area contributed by atoms with Crippen LogP contribution in [0, 0.1) is 12.7 Å². The Balaban J connectivity index is 1.41. The molecule has 4 nitrogen and oxygen atoms in total. The molecule has 1 aliphatic heterocycles. The lowest BCUT2D eigenvalue weighted by Gasteiger charge is -2.37. The first-order chi connectivity index (χ1) is 12.6. The third-order valence-corrected chi connectivity index (χ3v) is 5.22. The van der Waals surface area contributed by atoms with Gasteiger partial charge in [-0.3, -0.25) is 4.90 Å². The molecule has 1 atom stereocenters. The number of nitrogens with zero attached hydrogens (tertiary/aromatic N) is 2. The molecule has 2 heterocycles. The summed E-state index contributed by atoms with van der Waals surface area (Å²) in [6, 6.07) is 13.1. The van der Waals surface area contributed by atoms with Crippen molar-refractivity contribution in [1.29, 1.82) is 0 Å². The minimum atomic E-state index is -0.537. The first-order valence-corrected chi connectivity index (χ1v) is 9.09. The zero-order valence-electron chi connectivity index (χ0n) is 15.0. The van der Waals surface area contributed by atoms with E-state index in [9.17, 15) is 9.50 Å². The molecule has 5 heteroatoms. The van der Waals surface area contributed by atoms with Crippen LogP contribution >= 0.6 is 0 Å². The number of aliphatic hydroxyl groups is 1. The van der Waals surface area contributed by atoms with Gasteiger partial charge >= 0.3 is 0 Å². The van der Waals surface area contributed by atoms with Crippen LogP contribution in [0.15, 0.2) is 48.7 Å². The van der Waals surface area contributed by atoms with Crippen LogP contribution in [0.1, 0.15) is 17.2 Å². The maximum atomic E-state index is 13.9. The number of aromatic nitrogens is 1. The Labute approximate surface area is 152 Å². The smallest absolute Gasteiger partial charge is 0.146 e. The lowest BCUT2D eigenvalue weighted by Crippen LogP contribution is -2.47. The van der Waals surface area contributed by atoms with Crippen molar-refractivity contribution in [2.75, 3.05) is 37.6 Å². The summed E-state index contributed by atoms with van der Waals surface area (Å²) in [6.07, 6.45) is 1.37. The van der Waals surface area contributed by atoms with Gasteiger partial charge in [0.15, 0.2) is 0 Å². The van der Waals surface area contributed by atoms with E-state index in [-0.39, 0.29) is 5.82 Å². The highest BCUT2D eigenvalue weighted by molar-refractivity contribution is 5.84. The number of piperazine rings is 1. The molecule has 1 aromatic heterocycles. The fraction of sp³-hybridized carbons (Fsp3) is 0.333. The summed E-state index contributed by atoms with van der Waals surface area (Å²) in [4.78, 5) is 7.56. The molecule has 0 aliphatic carbocycles. The molecule has 0 unspecified atom stereocenters. The Bertz CT molecular complexity index is 899. The number of hydrogen-bond acceptors (Lipinski definition) is 3. The summed E-state index contributed by atoms with van der Waals surface area (Å²) in [5.74, 6) is -0.171. The Hall–Kier alpha value is -2.37. The number of aromatic amines is 1. The molecule has 1 fully saturated rings. The predicted molar refractivity (Wildman–Crippen MR) is 103 cm³/mol. The van der Waals surface area contributed by atoms with Crippen molar-refractivity contribution in [2.24, 2.45) is 0 Å². The topological polar surface area (TPSA) is 42.5 Å². The molecule has 2 aromatic carbocycles. The lowest BCUT2D eigenvalue weighted by molar-refractivity contribution is 0.110. The third kappa shape index (κ3) is 3.32. The van der Waals surface area contributed by atoms with Crippen LogP contribution in [0.2, 0.25) is 0 Å². The zero-order chi connectivity index (χ0) is 18.1. The fourth-order valence-electron chi connectivity index (χ4n) is 3.75. The van der Waals surface area contributed by atoms with Crippen molar-refractivity contribution in [1.82, 2.24) is 9.88 Å². The van der Waals surface area contributed by atoms with E-state index in [1.165, 1.54) is 11.6 Å². The van der Waals surface area contributed by atoms with Crippen molar-refractivity contribution in [2.45, 2.75) is 13.0 Å². The number of para-hydroxylation sites is 1. The number of aryl methyl sites for hydroxylation is 1. The first-order valence-electron chi connectivity index (χ1n) is 9.09. The minimum Gasteiger partial charge on any atom is -0.387 e. The number of H-pyrrole nitrogens is 1. The van der Waals surface area contributed by atoms with E-state index in [0.29, 0.717) is 12.2 Å². The van der Waals surface area contributed by atoms with E-state index in [0.717, 1.165) is 42.6 Å². The molecular weight excluding hydrogens is 329 g/mol. The Morgan fingerprint density at radius 2 is 1.88 bits per heavy atom. The molecular formula is C21H24FN3O. The van der Waals surface area contributed by atoms with E-state index in [1.54, 1.807) is 6.07 Å². The molecule has 0 spiro atoms. The average molecular weight is 353 g/mol. The SMILES string of the molecule is Cc1ccc2[nH]cc([C@@H](O)CN3CCN(c4ccccc4F)CC3)c2c1. The van der Waals surface area contributed by atoms with E-state index in [1.807, 2.05) is 24.4 Å². The average Bonchev–Trinajstić information content (AvgIpc) is 3.06. The second-order valence-corrected chi connectivity index (χ2v) is 7.05. The Kier molecular flexibility index (Phi) is 4.66. The number of halogens is 1. The summed E-state index contributed by atoms with van der Waals surface area (Å²) in [5, 5.41) is 11.8. The second-order valence-electron chi connectivity index (χ2n) is 7.05. The van der Waals surface area contributed by atoms with Crippen molar-refractivity contribution in [3.63, 3.8) is 0 Å². The first kappa shape index (κ1) is 17.1. The van der Waals surface area contributed by atoms with Gasteiger partial charge in [-0.15, -0.1) is 0 Å². The van der Waals surface area contributed by atoms with Crippen LogP contribution in [0.4, 0.5) is 10.1 Å². The van der Waals surface area contributed by atoms with E-state index >= 15 is 0 Å². The summed E-state index contributed by atoms with van der Waals surface area (Å²) in [6.45, 7) is 5.80. The largest absolute Gasteiger partial charge is 0.387 e. The molecule has 0 radical (unpaired) electrons. The second kappa shape index (κ2) is 7.09. The highest BCUT2D eigenvalue weighted by Crippen LogP contribution is 2.26. The van der Waals surface area contributed by atoms with Crippen LogP contribution in [0.3, 0.4) is 0 Å². The number of benzene rings is 2. The maximum absolute atomic E-state index is 13.9. The molecule has 26 heavy (non-hydrogen) atoms. The van der Waals surface area contributed by atoms with Crippen molar-refractivity contribution in [3.05, 3.63) is 65.6 Å². The molecule has 1 aliphatic rings. The summed E-state index contributed by atoms with van der Waals surface area (Å²) < 4.78 is 13.9. The van der Waals surface area contributed by atoms with Crippen LogP contribution < -0.4 is 4.90 Å². The van der Waals surface area contributed by atoms with E-state index in [2.05, 4.69) is 33.8 Å². The Morgan fingerprint density at radius 3 is 2.65 bits per heavy atom. The third-order valence-electron chi connectivity index (χ3n) is 5.22.